The maximum absolute atomic E-state index is 14.4. The fourth-order valence-corrected chi connectivity index (χ4v) is 4.47. The van der Waals surface area contributed by atoms with Crippen LogP contribution in [0, 0.1) is 5.41 Å². The predicted octanol–water partition coefficient (Wildman–Crippen LogP) is 4.46. The van der Waals surface area contributed by atoms with Gasteiger partial charge in [0.2, 0.25) is 0 Å². The number of benzene rings is 1. The van der Waals surface area contributed by atoms with Crippen molar-refractivity contribution >= 4 is 11.3 Å². The molecule has 0 bridgehead atoms. The molecule has 1 aliphatic carbocycles. The molecule has 31 heavy (non-hydrogen) atoms. The van der Waals surface area contributed by atoms with Gasteiger partial charge in [0, 0.05) is 5.56 Å². The van der Waals surface area contributed by atoms with E-state index in [2.05, 4.69) is 39.0 Å². The van der Waals surface area contributed by atoms with Crippen molar-refractivity contribution in [1.29, 1.82) is 0 Å². The summed E-state index contributed by atoms with van der Waals surface area (Å²) in [4.78, 5) is 12.1. The molecule has 1 saturated carbocycles. The molecule has 0 saturated heterocycles. The molecule has 0 radical (unpaired) electrons. The van der Waals surface area contributed by atoms with Crippen molar-refractivity contribution < 1.29 is 19.0 Å². The summed E-state index contributed by atoms with van der Waals surface area (Å²) in [7, 11) is 1.47. The number of ether oxygens (including phenoxy) is 2. The number of halogens is 1. The van der Waals surface area contributed by atoms with Crippen molar-refractivity contribution in [2.75, 3.05) is 7.11 Å². The fraction of sp³-hybridized carbons (Fsp3) is 0.476. The maximum atomic E-state index is 14.4. The average Bonchev–Trinajstić information content (AvgIpc) is 3.24. The lowest BCUT2D eigenvalue weighted by Gasteiger charge is -2.38. The molecule has 0 aliphatic heterocycles. The Morgan fingerprint density at radius 3 is 2.87 bits per heavy atom. The van der Waals surface area contributed by atoms with E-state index in [4.69, 9.17) is 9.47 Å². The SMILES string of the molecule is CC[C@@]1(C)CC[C@@H](F)[C@@H](Oc2nnc(-c3ccc(-c4ncnc(OC)n4)cc3O)s2)C1. The van der Waals surface area contributed by atoms with E-state index in [0.29, 0.717) is 40.0 Å². The zero-order valence-corrected chi connectivity index (χ0v) is 18.4. The number of phenolic OH excluding ortho intramolecular Hbond substituents is 1. The zero-order valence-electron chi connectivity index (χ0n) is 17.6. The molecule has 2 heterocycles. The van der Waals surface area contributed by atoms with Crippen molar-refractivity contribution in [3.63, 3.8) is 0 Å². The van der Waals surface area contributed by atoms with Crippen LogP contribution in [-0.2, 0) is 0 Å². The molecule has 2 aromatic heterocycles. The van der Waals surface area contributed by atoms with E-state index < -0.39 is 12.3 Å². The van der Waals surface area contributed by atoms with Crippen LogP contribution in [0.15, 0.2) is 24.5 Å². The third-order valence-electron chi connectivity index (χ3n) is 5.85. The van der Waals surface area contributed by atoms with E-state index in [1.165, 1.54) is 30.8 Å². The number of methoxy groups -OCH3 is 1. The fourth-order valence-electron chi connectivity index (χ4n) is 3.69. The molecule has 3 aromatic rings. The standard InChI is InChI=1S/C21H24FN5O3S/c1-4-21(2)8-7-14(22)16(10-21)30-20-27-26-18(31-20)13-6-5-12(9-15(13)28)17-23-11-24-19(25-17)29-3/h5-6,9,11,14,16,28H,4,7-8,10H2,1-3H3/t14-,16+,21+/m1/s1. The normalized spacial score (nSPS) is 23.5. The van der Waals surface area contributed by atoms with Gasteiger partial charge < -0.3 is 14.6 Å². The quantitative estimate of drug-likeness (QED) is 0.593. The Morgan fingerprint density at radius 2 is 2.13 bits per heavy atom. The highest BCUT2D eigenvalue weighted by atomic mass is 32.1. The van der Waals surface area contributed by atoms with Gasteiger partial charge in [-0.25, -0.2) is 9.37 Å². The van der Waals surface area contributed by atoms with Crippen LogP contribution in [0.4, 0.5) is 4.39 Å². The van der Waals surface area contributed by atoms with Crippen molar-refractivity contribution in [1.82, 2.24) is 25.1 Å². The van der Waals surface area contributed by atoms with Gasteiger partial charge in [-0.2, -0.15) is 9.97 Å². The van der Waals surface area contributed by atoms with E-state index >= 15 is 0 Å². The highest BCUT2D eigenvalue weighted by molar-refractivity contribution is 7.16. The first kappa shape index (κ1) is 21.4. The Labute approximate surface area is 183 Å². The molecular weight excluding hydrogens is 421 g/mol. The molecule has 10 heteroatoms. The number of hydrogen-bond donors (Lipinski definition) is 1. The first-order valence-corrected chi connectivity index (χ1v) is 10.9. The summed E-state index contributed by atoms with van der Waals surface area (Å²) >= 11 is 1.18. The van der Waals surface area contributed by atoms with E-state index in [0.717, 1.165) is 12.8 Å². The molecule has 8 nitrogen and oxygen atoms in total. The second-order valence-corrected chi connectivity index (χ2v) is 8.92. The summed E-state index contributed by atoms with van der Waals surface area (Å²) in [6.45, 7) is 4.29. The van der Waals surface area contributed by atoms with Crippen LogP contribution in [0.5, 0.6) is 17.0 Å². The van der Waals surface area contributed by atoms with Crippen LogP contribution in [0.2, 0.25) is 0 Å². The molecule has 4 rings (SSSR count). The number of rotatable bonds is 6. The highest BCUT2D eigenvalue weighted by Gasteiger charge is 2.38. The van der Waals surface area contributed by atoms with Crippen molar-refractivity contribution in [2.24, 2.45) is 5.41 Å². The van der Waals surface area contributed by atoms with Crippen molar-refractivity contribution in [2.45, 2.75) is 51.8 Å². The zero-order chi connectivity index (χ0) is 22.0. The van der Waals surface area contributed by atoms with Gasteiger partial charge in [0.25, 0.3) is 5.19 Å². The summed E-state index contributed by atoms with van der Waals surface area (Å²) in [6.07, 6.45) is 2.77. The Bertz CT molecular complexity index is 1060. The Kier molecular flexibility index (Phi) is 5.99. The smallest absolute Gasteiger partial charge is 0.319 e. The van der Waals surface area contributed by atoms with Crippen LogP contribution in [0.3, 0.4) is 0 Å². The molecule has 1 aromatic carbocycles. The minimum Gasteiger partial charge on any atom is -0.507 e. The van der Waals surface area contributed by atoms with Crippen molar-refractivity contribution in [3.8, 4) is 38.9 Å². The topological polar surface area (TPSA) is 103 Å². The first-order chi connectivity index (χ1) is 14.9. The monoisotopic (exact) mass is 445 g/mol. The van der Waals surface area contributed by atoms with Crippen LogP contribution >= 0.6 is 11.3 Å². The van der Waals surface area contributed by atoms with Gasteiger partial charge in [0.15, 0.2) is 10.8 Å². The molecule has 164 valence electrons. The van der Waals surface area contributed by atoms with Gasteiger partial charge in [-0.05, 0) is 36.8 Å². The Hall–Kier alpha value is -2.88. The molecule has 0 unspecified atom stereocenters. The third kappa shape index (κ3) is 4.58. The highest BCUT2D eigenvalue weighted by Crippen LogP contribution is 2.42. The molecule has 1 aliphatic rings. The summed E-state index contributed by atoms with van der Waals surface area (Å²) in [5.41, 5.74) is 1.17. The largest absolute Gasteiger partial charge is 0.507 e. The van der Waals surface area contributed by atoms with E-state index in [1.807, 2.05) is 0 Å². The number of phenols is 1. The van der Waals surface area contributed by atoms with E-state index in [-0.39, 0.29) is 17.2 Å². The number of hydrogen-bond acceptors (Lipinski definition) is 9. The molecule has 0 spiro atoms. The summed E-state index contributed by atoms with van der Waals surface area (Å²) in [6, 6.07) is 5.19. The van der Waals surface area contributed by atoms with E-state index in [1.54, 1.807) is 12.1 Å². The lowest BCUT2D eigenvalue weighted by Crippen LogP contribution is -2.40. The minimum absolute atomic E-state index is 0.000767. The lowest BCUT2D eigenvalue weighted by molar-refractivity contribution is 0.00499. The number of aromatic hydroxyl groups is 1. The molecule has 1 N–H and O–H groups in total. The predicted molar refractivity (Wildman–Crippen MR) is 114 cm³/mol. The van der Waals surface area contributed by atoms with Gasteiger partial charge in [0.05, 0.1) is 12.7 Å². The summed E-state index contributed by atoms with van der Waals surface area (Å²) < 4.78 is 25.3. The maximum Gasteiger partial charge on any atom is 0.319 e. The molecule has 0 amide bonds. The van der Waals surface area contributed by atoms with Gasteiger partial charge >= 0.3 is 6.01 Å². The molecule has 1 fully saturated rings. The number of nitrogens with zero attached hydrogens (tertiary/aromatic N) is 5. The summed E-state index contributed by atoms with van der Waals surface area (Å²) in [5, 5.41) is 19.5. The van der Waals surface area contributed by atoms with Crippen LogP contribution in [0.25, 0.3) is 22.0 Å². The van der Waals surface area contributed by atoms with Crippen LogP contribution in [-0.4, -0.2) is 49.6 Å². The van der Waals surface area contributed by atoms with Crippen LogP contribution < -0.4 is 9.47 Å². The van der Waals surface area contributed by atoms with Gasteiger partial charge in [-0.3, -0.25) is 0 Å². The lowest BCUT2D eigenvalue weighted by atomic mass is 9.72. The van der Waals surface area contributed by atoms with Gasteiger partial charge in [-0.1, -0.05) is 42.8 Å². The first-order valence-electron chi connectivity index (χ1n) is 10.1. The van der Waals surface area contributed by atoms with Gasteiger partial charge in [0.1, 0.15) is 24.4 Å². The second-order valence-electron chi connectivity index (χ2n) is 7.98. The van der Waals surface area contributed by atoms with Gasteiger partial charge in [-0.15, -0.1) is 5.10 Å². The van der Waals surface area contributed by atoms with Crippen molar-refractivity contribution in [3.05, 3.63) is 24.5 Å². The van der Waals surface area contributed by atoms with Crippen LogP contribution in [0.1, 0.15) is 39.5 Å². The Morgan fingerprint density at radius 1 is 1.29 bits per heavy atom. The second kappa shape index (κ2) is 8.70. The molecule has 3 atom stereocenters. The third-order valence-corrected chi connectivity index (χ3v) is 6.70. The molecular formula is C21H24FN5O3S. The number of alkyl halides is 1. The average molecular weight is 446 g/mol. The Balaban J connectivity index is 1.52. The van der Waals surface area contributed by atoms with E-state index in [9.17, 15) is 9.50 Å². The minimum atomic E-state index is -1.02. The summed E-state index contributed by atoms with van der Waals surface area (Å²) in [5.74, 6) is 0.374. The number of aromatic nitrogens is 5.